The van der Waals surface area contributed by atoms with E-state index in [0.717, 1.165) is 12.1 Å². The summed E-state index contributed by atoms with van der Waals surface area (Å²) in [6.45, 7) is 2.70. The first-order chi connectivity index (χ1) is 13.9. The molecule has 0 aliphatic carbocycles. The molecule has 29 heavy (non-hydrogen) atoms. The molecule has 2 heterocycles. The highest BCUT2D eigenvalue weighted by molar-refractivity contribution is 7.89. The van der Waals surface area contributed by atoms with Gasteiger partial charge in [0.2, 0.25) is 15.9 Å². The number of fused-ring (bicyclic) bond motifs is 1. The van der Waals surface area contributed by atoms with Crippen LogP contribution in [0.3, 0.4) is 0 Å². The number of benzene rings is 2. The molecular weight excluding hydrogens is 388 g/mol. The monoisotopic (exact) mass is 414 g/mol. The van der Waals surface area contributed by atoms with Crippen LogP contribution in [0, 0.1) is 5.92 Å². The molecule has 1 saturated heterocycles. The van der Waals surface area contributed by atoms with Crippen molar-refractivity contribution in [1.29, 1.82) is 0 Å². The summed E-state index contributed by atoms with van der Waals surface area (Å²) in [6.07, 6.45) is 2.22. The van der Waals surface area contributed by atoms with Crippen molar-refractivity contribution in [3.05, 3.63) is 54.1 Å². The average Bonchev–Trinajstić information content (AvgIpc) is 3.09. The number of sulfonamides is 1. The Morgan fingerprint density at radius 1 is 1.10 bits per heavy atom. The maximum atomic E-state index is 13.4. The molecule has 2 aliphatic heterocycles. The van der Waals surface area contributed by atoms with E-state index in [1.165, 1.54) is 9.87 Å². The van der Waals surface area contributed by atoms with Crippen molar-refractivity contribution in [2.45, 2.75) is 37.1 Å². The highest BCUT2D eigenvalue weighted by Gasteiger charge is 2.39. The minimum Gasteiger partial charge on any atom is -0.497 e. The quantitative estimate of drug-likeness (QED) is 0.771. The number of ether oxygens (including phenoxy) is 1. The second kappa shape index (κ2) is 7.80. The van der Waals surface area contributed by atoms with E-state index in [4.69, 9.17) is 4.74 Å². The zero-order chi connectivity index (χ0) is 20.6. The van der Waals surface area contributed by atoms with Crippen molar-refractivity contribution < 1.29 is 17.9 Å². The number of rotatable bonds is 4. The minimum absolute atomic E-state index is 0.0251. The summed E-state index contributed by atoms with van der Waals surface area (Å²) in [5.74, 6) is 0.305. The van der Waals surface area contributed by atoms with Crippen LogP contribution in [0.15, 0.2) is 53.4 Å². The van der Waals surface area contributed by atoms with E-state index in [1.807, 2.05) is 30.0 Å². The van der Waals surface area contributed by atoms with Crippen LogP contribution in [-0.4, -0.2) is 44.9 Å². The molecule has 1 fully saturated rings. The predicted octanol–water partition coefficient (Wildman–Crippen LogP) is 3.07. The van der Waals surface area contributed by atoms with Crippen LogP contribution in [0.5, 0.6) is 5.75 Å². The van der Waals surface area contributed by atoms with E-state index in [2.05, 4.69) is 6.07 Å². The van der Waals surface area contributed by atoms with Crippen LogP contribution in [0.25, 0.3) is 0 Å². The number of amides is 1. The van der Waals surface area contributed by atoms with Gasteiger partial charge in [-0.1, -0.05) is 18.2 Å². The Labute approximate surface area is 172 Å². The van der Waals surface area contributed by atoms with Gasteiger partial charge in [0.15, 0.2) is 0 Å². The Hall–Kier alpha value is -2.38. The van der Waals surface area contributed by atoms with Crippen LogP contribution in [0.2, 0.25) is 0 Å². The smallest absolute Gasteiger partial charge is 0.243 e. The molecule has 0 aromatic heterocycles. The van der Waals surface area contributed by atoms with Crippen LogP contribution >= 0.6 is 0 Å². The topological polar surface area (TPSA) is 66.9 Å². The van der Waals surface area contributed by atoms with Crippen molar-refractivity contribution in [3.8, 4) is 5.75 Å². The van der Waals surface area contributed by atoms with Crippen molar-refractivity contribution in [2.75, 3.05) is 25.1 Å². The van der Waals surface area contributed by atoms with E-state index < -0.39 is 10.0 Å². The number of hydrogen-bond acceptors (Lipinski definition) is 4. The van der Waals surface area contributed by atoms with E-state index in [0.29, 0.717) is 25.1 Å². The van der Waals surface area contributed by atoms with E-state index >= 15 is 0 Å². The van der Waals surface area contributed by atoms with Gasteiger partial charge in [-0.25, -0.2) is 8.42 Å². The summed E-state index contributed by atoms with van der Waals surface area (Å²) in [6, 6.07) is 14.4. The fourth-order valence-corrected chi connectivity index (χ4v) is 5.88. The molecule has 2 aromatic carbocycles. The second-order valence-electron chi connectivity index (χ2n) is 7.77. The van der Waals surface area contributed by atoms with E-state index in [-0.39, 0.29) is 29.3 Å². The fraction of sp³-hybridized carbons (Fsp3) is 0.409. The SMILES string of the molecule is COc1ccc(S(=O)(=O)N2CCC[C@H](C(=O)N3c4ccccc4C[C@@H]3C)C2)cc1. The lowest BCUT2D eigenvalue weighted by Crippen LogP contribution is -2.48. The molecule has 154 valence electrons. The third-order valence-electron chi connectivity index (χ3n) is 5.88. The largest absolute Gasteiger partial charge is 0.497 e. The van der Waals surface area contributed by atoms with Crippen molar-refractivity contribution >= 4 is 21.6 Å². The van der Waals surface area contributed by atoms with Gasteiger partial charge in [0.1, 0.15) is 5.75 Å². The maximum absolute atomic E-state index is 13.4. The van der Waals surface area contributed by atoms with Gasteiger partial charge in [-0.05, 0) is 62.1 Å². The van der Waals surface area contributed by atoms with Crippen LogP contribution in [0.4, 0.5) is 5.69 Å². The Balaban J connectivity index is 1.54. The van der Waals surface area contributed by atoms with Crippen LogP contribution in [-0.2, 0) is 21.2 Å². The Bertz CT molecular complexity index is 1000. The highest BCUT2D eigenvalue weighted by atomic mass is 32.2. The number of carbonyl (C=O) groups excluding carboxylic acids is 1. The molecule has 2 aliphatic rings. The van der Waals surface area contributed by atoms with Gasteiger partial charge in [0.25, 0.3) is 0 Å². The molecule has 0 saturated carbocycles. The Morgan fingerprint density at radius 2 is 1.83 bits per heavy atom. The van der Waals surface area contributed by atoms with Gasteiger partial charge in [0, 0.05) is 24.8 Å². The summed E-state index contributed by atoms with van der Waals surface area (Å²) in [5.41, 5.74) is 2.13. The molecule has 1 amide bonds. The first kappa shape index (κ1) is 19.9. The number of methoxy groups -OCH3 is 1. The van der Waals surface area contributed by atoms with Gasteiger partial charge >= 0.3 is 0 Å². The lowest BCUT2D eigenvalue weighted by molar-refractivity contribution is -0.123. The second-order valence-corrected chi connectivity index (χ2v) is 9.71. The molecule has 0 spiro atoms. The minimum atomic E-state index is -3.64. The average molecular weight is 415 g/mol. The lowest BCUT2D eigenvalue weighted by Gasteiger charge is -2.34. The van der Waals surface area contributed by atoms with E-state index in [1.54, 1.807) is 31.4 Å². The highest BCUT2D eigenvalue weighted by Crippen LogP contribution is 2.35. The number of piperidine rings is 1. The lowest BCUT2D eigenvalue weighted by atomic mass is 9.97. The number of nitrogens with zero attached hydrogens (tertiary/aromatic N) is 2. The van der Waals surface area contributed by atoms with Crippen molar-refractivity contribution in [1.82, 2.24) is 4.31 Å². The Kier molecular flexibility index (Phi) is 5.36. The standard InChI is InChI=1S/C22H26N2O4S/c1-16-14-17-6-3-4-8-21(17)24(16)22(25)18-7-5-13-23(15-18)29(26,27)20-11-9-19(28-2)10-12-20/h3-4,6,8-12,16,18H,5,7,13-15H2,1-2H3/t16-,18-/m0/s1. The number of carbonyl (C=O) groups is 1. The fourth-order valence-electron chi connectivity index (χ4n) is 4.36. The predicted molar refractivity (Wildman–Crippen MR) is 112 cm³/mol. The number of anilines is 1. The number of hydrogen-bond donors (Lipinski definition) is 0. The summed E-state index contributed by atoms with van der Waals surface area (Å²) in [7, 11) is -2.10. The van der Waals surface area contributed by atoms with Crippen LogP contribution < -0.4 is 9.64 Å². The zero-order valence-electron chi connectivity index (χ0n) is 16.7. The first-order valence-electron chi connectivity index (χ1n) is 9.97. The third kappa shape index (κ3) is 3.65. The molecule has 0 N–H and O–H groups in total. The van der Waals surface area contributed by atoms with Crippen LogP contribution in [0.1, 0.15) is 25.3 Å². The molecule has 0 unspecified atom stereocenters. The molecule has 2 aromatic rings. The number of para-hydroxylation sites is 1. The van der Waals surface area contributed by atoms with Crippen molar-refractivity contribution in [2.24, 2.45) is 5.92 Å². The van der Waals surface area contributed by atoms with E-state index in [9.17, 15) is 13.2 Å². The van der Waals surface area contributed by atoms with Gasteiger partial charge in [0.05, 0.1) is 17.9 Å². The summed E-state index contributed by atoms with van der Waals surface area (Å²) in [4.78, 5) is 15.4. The molecule has 7 heteroatoms. The Morgan fingerprint density at radius 3 is 2.55 bits per heavy atom. The third-order valence-corrected chi connectivity index (χ3v) is 7.75. The zero-order valence-corrected chi connectivity index (χ0v) is 17.6. The summed E-state index contributed by atoms with van der Waals surface area (Å²) >= 11 is 0. The molecule has 0 radical (unpaired) electrons. The molecular formula is C22H26N2O4S. The first-order valence-corrected chi connectivity index (χ1v) is 11.4. The summed E-state index contributed by atoms with van der Waals surface area (Å²) in [5, 5.41) is 0. The molecule has 0 bridgehead atoms. The summed E-state index contributed by atoms with van der Waals surface area (Å²) < 4.78 is 32.8. The van der Waals surface area contributed by atoms with Gasteiger partial charge in [-0.2, -0.15) is 4.31 Å². The van der Waals surface area contributed by atoms with Gasteiger partial charge in [-0.15, -0.1) is 0 Å². The molecule has 4 rings (SSSR count). The van der Waals surface area contributed by atoms with Gasteiger partial charge < -0.3 is 9.64 Å². The maximum Gasteiger partial charge on any atom is 0.243 e. The molecule has 2 atom stereocenters. The van der Waals surface area contributed by atoms with Crippen molar-refractivity contribution in [3.63, 3.8) is 0 Å². The molecule has 6 nitrogen and oxygen atoms in total. The van der Waals surface area contributed by atoms with Gasteiger partial charge in [-0.3, -0.25) is 4.79 Å². The normalized spacial score (nSPS) is 22.3.